The number of pyridine rings is 1. The summed E-state index contributed by atoms with van der Waals surface area (Å²) in [5.41, 5.74) is 2.20. The van der Waals surface area contributed by atoms with Gasteiger partial charge >= 0.3 is 0 Å². The Labute approximate surface area is 115 Å². The number of benzene rings is 1. The Morgan fingerprint density at radius 1 is 1.20 bits per heavy atom. The molecule has 3 rings (SSSR count). The smallest absolute Gasteiger partial charge is 0.193 e. The van der Waals surface area contributed by atoms with Gasteiger partial charge in [-0.1, -0.05) is 12.1 Å². The molecule has 4 nitrogen and oxygen atoms in total. The van der Waals surface area contributed by atoms with E-state index in [-0.39, 0.29) is 5.43 Å². The molecule has 0 radical (unpaired) electrons. The molecular weight excluding hydrogens is 254 g/mol. The van der Waals surface area contributed by atoms with Crippen molar-refractivity contribution in [1.29, 1.82) is 0 Å². The molecule has 0 aliphatic heterocycles. The summed E-state index contributed by atoms with van der Waals surface area (Å²) in [6, 6.07) is 10.6. The van der Waals surface area contributed by atoms with Gasteiger partial charge in [0.2, 0.25) is 0 Å². The van der Waals surface area contributed by atoms with Crippen molar-refractivity contribution in [3.63, 3.8) is 0 Å². The number of para-hydroxylation sites is 1. The van der Waals surface area contributed by atoms with Crippen LogP contribution in [-0.2, 0) is 11.3 Å². The van der Waals surface area contributed by atoms with Gasteiger partial charge in [0.05, 0.1) is 12.0 Å². The first-order valence-corrected chi connectivity index (χ1v) is 6.24. The molecule has 2 aromatic heterocycles. The first-order chi connectivity index (χ1) is 9.79. The molecule has 0 aliphatic rings. The third kappa shape index (κ3) is 2.21. The quantitative estimate of drug-likeness (QED) is 0.732. The number of aromatic nitrogens is 1. The van der Waals surface area contributed by atoms with Crippen LogP contribution in [-0.4, -0.2) is 12.1 Å². The fourth-order valence-electron chi connectivity index (χ4n) is 2.16. The van der Waals surface area contributed by atoms with Crippen LogP contribution in [0.3, 0.4) is 0 Å². The molecule has 2 heterocycles. The lowest BCUT2D eigenvalue weighted by Gasteiger charge is -2.07. The van der Waals surface area contributed by atoms with Crippen LogP contribution < -0.4 is 5.43 Å². The van der Waals surface area contributed by atoms with Crippen LogP contribution in [0.5, 0.6) is 0 Å². The highest BCUT2D eigenvalue weighted by Gasteiger charge is 2.10. The average Bonchev–Trinajstić information content (AvgIpc) is 2.49. The first kappa shape index (κ1) is 12.6. The van der Waals surface area contributed by atoms with E-state index in [2.05, 4.69) is 4.98 Å². The Kier molecular flexibility index (Phi) is 3.31. The molecule has 0 amide bonds. The molecule has 0 spiro atoms. The molecular formula is C16H13NO3. The van der Waals surface area contributed by atoms with Gasteiger partial charge < -0.3 is 9.15 Å². The number of fused-ring (bicyclic) bond motifs is 1. The molecule has 0 bridgehead atoms. The zero-order chi connectivity index (χ0) is 13.9. The molecule has 0 N–H and O–H groups in total. The van der Waals surface area contributed by atoms with Crippen LogP contribution in [0.4, 0.5) is 0 Å². The maximum atomic E-state index is 12.2. The Hall–Kier alpha value is -2.46. The maximum absolute atomic E-state index is 12.2. The molecule has 100 valence electrons. The number of methoxy groups -OCH3 is 1. The van der Waals surface area contributed by atoms with Crippen LogP contribution in [0.25, 0.3) is 22.3 Å². The van der Waals surface area contributed by atoms with Gasteiger partial charge in [-0.15, -0.1) is 0 Å². The number of rotatable bonds is 3. The average molecular weight is 267 g/mol. The Balaban J connectivity index is 2.27. The normalized spacial score (nSPS) is 10.8. The van der Waals surface area contributed by atoms with E-state index in [1.807, 2.05) is 24.3 Å². The Bertz CT molecular complexity index is 794. The minimum atomic E-state index is -0.0592. The second-order valence-electron chi connectivity index (χ2n) is 4.44. The van der Waals surface area contributed by atoms with E-state index in [1.54, 1.807) is 25.6 Å². The summed E-state index contributed by atoms with van der Waals surface area (Å²) in [6.45, 7) is 0.403. The van der Waals surface area contributed by atoms with E-state index in [9.17, 15) is 4.79 Å². The summed E-state index contributed by atoms with van der Waals surface area (Å²) in [6.07, 6.45) is 3.33. The number of hydrogen-bond acceptors (Lipinski definition) is 4. The maximum Gasteiger partial charge on any atom is 0.193 e. The molecule has 3 aromatic rings. The van der Waals surface area contributed by atoms with Crippen molar-refractivity contribution < 1.29 is 9.15 Å². The van der Waals surface area contributed by atoms with Crippen LogP contribution in [0.15, 0.2) is 58.0 Å². The zero-order valence-corrected chi connectivity index (χ0v) is 11.0. The van der Waals surface area contributed by atoms with Crippen molar-refractivity contribution in [2.75, 3.05) is 7.11 Å². The summed E-state index contributed by atoms with van der Waals surface area (Å²) >= 11 is 0. The Morgan fingerprint density at radius 3 is 2.75 bits per heavy atom. The van der Waals surface area contributed by atoms with Gasteiger partial charge in [0.1, 0.15) is 11.3 Å². The van der Waals surface area contributed by atoms with Crippen LogP contribution in [0.2, 0.25) is 0 Å². The van der Waals surface area contributed by atoms with E-state index < -0.39 is 0 Å². The highest BCUT2D eigenvalue weighted by Crippen LogP contribution is 2.24. The topological polar surface area (TPSA) is 52.3 Å². The second-order valence-corrected chi connectivity index (χ2v) is 4.44. The third-order valence-electron chi connectivity index (χ3n) is 3.10. The van der Waals surface area contributed by atoms with Crippen LogP contribution in [0, 0.1) is 0 Å². The minimum Gasteiger partial charge on any atom is -0.455 e. The fraction of sp³-hybridized carbons (Fsp3) is 0.125. The fourth-order valence-corrected chi connectivity index (χ4v) is 2.16. The Morgan fingerprint density at radius 2 is 2.00 bits per heavy atom. The van der Waals surface area contributed by atoms with Crippen molar-refractivity contribution in [3.05, 3.63) is 64.6 Å². The number of ether oxygens (including phenoxy) is 1. The van der Waals surface area contributed by atoms with Crippen molar-refractivity contribution in [2.24, 2.45) is 0 Å². The van der Waals surface area contributed by atoms with Gasteiger partial charge in [-0.3, -0.25) is 9.78 Å². The highest BCUT2D eigenvalue weighted by atomic mass is 16.5. The summed E-state index contributed by atoms with van der Waals surface area (Å²) in [5, 5.41) is 0.567. The van der Waals surface area contributed by atoms with Crippen LogP contribution >= 0.6 is 0 Å². The summed E-state index contributed by atoms with van der Waals surface area (Å²) in [7, 11) is 1.61. The summed E-state index contributed by atoms with van der Waals surface area (Å²) in [4.78, 5) is 16.2. The number of hydrogen-bond donors (Lipinski definition) is 0. The molecule has 0 atom stereocenters. The summed E-state index contributed by atoms with van der Waals surface area (Å²) < 4.78 is 11.1. The van der Waals surface area contributed by atoms with Gasteiger partial charge in [-0.2, -0.15) is 0 Å². The molecule has 0 unspecified atom stereocenters. The molecule has 0 saturated carbocycles. The van der Waals surface area contributed by atoms with Crippen molar-refractivity contribution in [3.8, 4) is 11.3 Å². The predicted octanol–water partition coefficient (Wildman–Crippen LogP) is 3.00. The lowest BCUT2D eigenvalue weighted by atomic mass is 10.1. The van der Waals surface area contributed by atoms with E-state index in [0.717, 1.165) is 11.1 Å². The first-order valence-electron chi connectivity index (χ1n) is 6.24. The van der Waals surface area contributed by atoms with E-state index in [4.69, 9.17) is 9.15 Å². The van der Waals surface area contributed by atoms with Crippen LogP contribution in [0.1, 0.15) is 5.56 Å². The van der Waals surface area contributed by atoms with Gasteiger partial charge in [0.15, 0.2) is 5.43 Å². The van der Waals surface area contributed by atoms with Gasteiger partial charge in [0, 0.05) is 36.7 Å². The monoisotopic (exact) mass is 267 g/mol. The predicted molar refractivity (Wildman–Crippen MR) is 76.4 cm³/mol. The minimum absolute atomic E-state index is 0.0592. The van der Waals surface area contributed by atoms with Crippen molar-refractivity contribution in [1.82, 2.24) is 4.98 Å². The summed E-state index contributed by atoms with van der Waals surface area (Å²) in [5.74, 6) is 0.536. The SMILES string of the molecule is COCc1cccc2c(=O)cc(-c3ccncc3)oc12. The standard InChI is InChI=1S/C16H13NO3/c1-19-10-12-3-2-4-13-14(18)9-15(20-16(12)13)11-5-7-17-8-6-11/h2-9H,10H2,1H3. The van der Waals surface area contributed by atoms with Crippen molar-refractivity contribution >= 4 is 11.0 Å². The molecule has 20 heavy (non-hydrogen) atoms. The van der Waals surface area contributed by atoms with E-state index >= 15 is 0 Å². The van der Waals surface area contributed by atoms with Gasteiger partial charge in [0.25, 0.3) is 0 Å². The molecule has 0 aliphatic carbocycles. The molecule has 1 aromatic carbocycles. The molecule has 0 saturated heterocycles. The van der Waals surface area contributed by atoms with E-state index in [0.29, 0.717) is 23.3 Å². The third-order valence-corrected chi connectivity index (χ3v) is 3.10. The number of nitrogens with zero attached hydrogens (tertiary/aromatic N) is 1. The highest BCUT2D eigenvalue weighted by molar-refractivity contribution is 5.81. The largest absolute Gasteiger partial charge is 0.455 e. The van der Waals surface area contributed by atoms with E-state index in [1.165, 1.54) is 6.07 Å². The molecule has 4 heteroatoms. The van der Waals surface area contributed by atoms with Crippen molar-refractivity contribution in [2.45, 2.75) is 6.61 Å². The lowest BCUT2D eigenvalue weighted by molar-refractivity contribution is 0.185. The van der Waals surface area contributed by atoms with Gasteiger partial charge in [-0.25, -0.2) is 0 Å². The second kappa shape index (κ2) is 5.27. The lowest BCUT2D eigenvalue weighted by Crippen LogP contribution is -2.02. The van der Waals surface area contributed by atoms with Gasteiger partial charge in [-0.05, 0) is 18.2 Å². The molecule has 0 fully saturated rings. The zero-order valence-electron chi connectivity index (χ0n) is 11.0.